The SMILES string of the molecule is CC(COC(=O)c1cc(N2C(=O)N(C)C(S)N(C)C2=O)c(Cl)cc1Cl)=NO. The van der Waals surface area contributed by atoms with Crippen molar-refractivity contribution in [3.8, 4) is 0 Å². The zero-order valence-corrected chi connectivity index (χ0v) is 16.9. The molecule has 4 amide bonds. The molecular formula is C15H16Cl2N4O5S. The van der Waals surface area contributed by atoms with Crippen molar-refractivity contribution < 1.29 is 24.3 Å². The molecule has 146 valence electrons. The molecule has 1 fully saturated rings. The number of rotatable bonds is 4. The summed E-state index contributed by atoms with van der Waals surface area (Å²) in [5.74, 6) is -0.841. The van der Waals surface area contributed by atoms with E-state index in [0.29, 0.717) is 0 Å². The molecule has 12 heteroatoms. The van der Waals surface area contributed by atoms with Crippen LogP contribution in [0, 0.1) is 0 Å². The Labute approximate surface area is 170 Å². The van der Waals surface area contributed by atoms with E-state index < -0.39 is 23.5 Å². The molecule has 0 radical (unpaired) electrons. The van der Waals surface area contributed by atoms with Crippen LogP contribution in [0.25, 0.3) is 0 Å². The lowest BCUT2D eigenvalue weighted by atomic mass is 10.2. The van der Waals surface area contributed by atoms with Crippen molar-refractivity contribution in [3.05, 3.63) is 27.7 Å². The molecular weight excluding hydrogens is 419 g/mol. The molecule has 9 nitrogen and oxygen atoms in total. The molecule has 1 N–H and O–H groups in total. The number of urea groups is 2. The maximum atomic E-state index is 12.6. The minimum Gasteiger partial charge on any atom is -0.456 e. The van der Waals surface area contributed by atoms with E-state index in [1.807, 2.05) is 0 Å². The van der Waals surface area contributed by atoms with E-state index in [9.17, 15) is 14.4 Å². The summed E-state index contributed by atoms with van der Waals surface area (Å²) in [6.07, 6.45) is 0. The highest BCUT2D eigenvalue weighted by Gasteiger charge is 2.41. The number of carbonyl (C=O) groups is 3. The summed E-state index contributed by atoms with van der Waals surface area (Å²) in [6, 6.07) is 1.07. The van der Waals surface area contributed by atoms with Gasteiger partial charge in [-0.3, -0.25) is 9.80 Å². The summed E-state index contributed by atoms with van der Waals surface area (Å²) < 4.78 is 4.98. The summed E-state index contributed by atoms with van der Waals surface area (Å²) in [7, 11) is 2.93. The second-order valence-corrected chi connectivity index (χ2v) is 6.94. The van der Waals surface area contributed by atoms with E-state index in [4.69, 9.17) is 33.1 Å². The molecule has 1 saturated heterocycles. The summed E-state index contributed by atoms with van der Waals surface area (Å²) >= 11 is 16.4. The van der Waals surface area contributed by atoms with Crippen LogP contribution in [0.2, 0.25) is 10.0 Å². The van der Waals surface area contributed by atoms with Crippen LogP contribution in [-0.2, 0) is 4.74 Å². The first-order chi connectivity index (χ1) is 12.6. The summed E-state index contributed by atoms with van der Waals surface area (Å²) in [6.45, 7) is 1.19. The van der Waals surface area contributed by atoms with E-state index in [1.54, 1.807) is 0 Å². The largest absolute Gasteiger partial charge is 0.456 e. The van der Waals surface area contributed by atoms with Gasteiger partial charge in [0.05, 0.1) is 27.0 Å². The molecule has 0 saturated carbocycles. The Bertz CT molecular complexity index is 813. The first-order valence-electron chi connectivity index (χ1n) is 7.45. The molecule has 1 aromatic carbocycles. The van der Waals surface area contributed by atoms with Crippen molar-refractivity contribution in [2.24, 2.45) is 5.16 Å². The van der Waals surface area contributed by atoms with Crippen LogP contribution in [0.5, 0.6) is 0 Å². The second-order valence-electron chi connectivity index (χ2n) is 5.66. The first-order valence-corrected chi connectivity index (χ1v) is 8.72. The maximum absolute atomic E-state index is 12.6. The summed E-state index contributed by atoms with van der Waals surface area (Å²) in [4.78, 5) is 40.6. The number of ether oxygens (including phenoxy) is 1. The van der Waals surface area contributed by atoms with Crippen molar-refractivity contribution >= 4 is 65.3 Å². The second kappa shape index (κ2) is 8.24. The van der Waals surface area contributed by atoms with Gasteiger partial charge in [-0.2, -0.15) is 0 Å². The Hall–Kier alpha value is -2.17. The molecule has 2 rings (SSSR count). The topological polar surface area (TPSA) is 103 Å². The van der Waals surface area contributed by atoms with Gasteiger partial charge >= 0.3 is 18.0 Å². The van der Waals surface area contributed by atoms with Crippen LogP contribution in [-0.4, -0.2) is 65.0 Å². The molecule has 0 unspecified atom stereocenters. The van der Waals surface area contributed by atoms with Gasteiger partial charge in [0.15, 0.2) is 5.50 Å². The smallest absolute Gasteiger partial charge is 0.340 e. The van der Waals surface area contributed by atoms with Gasteiger partial charge in [-0.05, 0) is 19.1 Å². The molecule has 1 aliphatic heterocycles. The maximum Gasteiger partial charge on any atom is 0.340 e. The lowest BCUT2D eigenvalue weighted by Crippen LogP contribution is -2.62. The van der Waals surface area contributed by atoms with E-state index in [-0.39, 0.29) is 33.6 Å². The quantitative estimate of drug-likeness (QED) is 0.249. The fourth-order valence-electron chi connectivity index (χ4n) is 2.20. The molecule has 0 aromatic heterocycles. The number of imide groups is 1. The Morgan fingerprint density at radius 1 is 1.22 bits per heavy atom. The number of thiol groups is 1. The van der Waals surface area contributed by atoms with Crippen LogP contribution in [0.4, 0.5) is 15.3 Å². The van der Waals surface area contributed by atoms with Crippen LogP contribution in [0.1, 0.15) is 17.3 Å². The lowest BCUT2D eigenvalue weighted by molar-refractivity contribution is 0.0561. The third kappa shape index (κ3) is 4.07. The Balaban J connectivity index is 2.44. The fraction of sp³-hybridized carbons (Fsp3) is 0.333. The average Bonchev–Trinajstić information content (AvgIpc) is 2.64. The number of amides is 4. The highest BCUT2D eigenvalue weighted by molar-refractivity contribution is 7.80. The number of anilines is 1. The Morgan fingerprint density at radius 3 is 2.30 bits per heavy atom. The normalized spacial score (nSPS) is 16.2. The molecule has 0 bridgehead atoms. The van der Waals surface area contributed by atoms with Gasteiger partial charge in [0.1, 0.15) is 6.61 Å². The zero-order valence-electron chi connectivity index (χ0n) is 14.5. The third-order valence-corrected chi connectivity index (χ3v) is 5.07. The summed E-state index contributed by atoms with van der Waals surface area (Å²) in [5.41, 5.74) is -0.731. The number of carbonyl (C=O) groups excluding carboxylic acids is 3. The van der Waals surface area contributed by atoms with Crippen LogP contribution >= 0.6 is 35.8 Å². The first kappa shape index (κ1) is 21.1. The van der Waals surface area contributed by atoms with E-state index in [2.05, 4.69) is 17.8 Å². The predicted octanol–water partition coefficient (Wildman–Crippen LogP) is 3.14. The minimum atomic E-state index is -0.841. The molecule has 1 aromatic rings. The van der Waals surface area contributed by atoms with Crippen LogP contribution in [0.15, 0.2) is 17.3 Å². The van der Waals surface area contributed by atoms with Gasteiger partial charge in [0.25, 0.3) is 0 Å². The lowest BCUT2D eigenvalue weighted by Gasteiger charge is -2.42. The zero-order chi connectivity index (χ0) is 20.5. The van der Waals surface area contributed by atoms with Crippen molar-refractivity contribution in [3.63, 3.8) is 0 Å². The molecule has 1 heterocycles. The standard InChI is InChI=1S/C15H16Cl2N4O5S/c1-7(18-25)6-26-12(22)8-4-11(10(17)5-9(8)16)21-13(23)19(2)15(27)20(3)14(21)24/h4-5,15,25,27H,6H2,1-3H3. The van der Waals surface area contributed by atoms with Gasteiger partial charge in [-0.1, -0.05) is 28.4 Å². The monoisotopic (exact) mass is 434 g/mol. The minimum absolute atomic E-state index is 0.00855. The molecule has 0 spiro atoms. The highest BCUT2D eigenvalue weighted by atomic mass is 35.5. The van der Waals surface area contributed by atoms with Gasteiger partial charge in [-0.25, -0.2) is 19.3 Å². The van der Waals surface area contributed by atoms with E-state index in [0.717, 1.165) is 4.90 Å². The fourth-order valence-corrected chi connectivity index (χ4v) is 2.95. The molecule has 0 aliphatic carbocycles. The third-order valence-electron chi connectivity index (χ3n) is 3.76. The van der Waals surface area contributed by atoms with Gasteiger partial charge in [-0.15, -0.1) is 12.6 Å². The number of benzene rings is 1. The van der Waals surface area contributed by atoms with Gasteiger partial charge in [0.2, 0.25) is 0 Å². The number of nitrogens with zero attached hydrogens (tertiary/aromatic N) is 4. The number of esters is 1. The average molecular weight is 435 g/mol. The highest BCUT2D eigenvalue weighted by Crippen LogP contribution is 2.35. The molecule has 0 atom stereocenters. The van der Waals surface area contributed by atoms with Gasteiger partial charge < -0.3 is 9.94 Å². The predicted molar refractivity (Wildman–Crippen MR) is 103 cm³/mol. The van der Waals surface area contributed by atoms with Crippen molar-refractivity contribution in [1.29, 1.82) is 0 Å². The molecule has 1 aliphatic rings. The van der Waals surface area contributed by atoms with Crippen LogP contribution < -0.4 is 4.90 Å². The summed E-state index contributed by atoms with van der Waals surface area (Å²) in [5, 5.41) is 11.5. The van der Waals surface area contributed by atoms with Crippen LogP contribution in [0.3, 0.4) is 0 Å². The number of hydrogen-bond acceptors (Lipinski definition) is 7. The van der Waals surface area contributed by atoms with Crippen molar-refractivity contribution in [2.45, 2.75) is 12.4 Å². The van der Waals surface area contributed by atoms with E-state index in [1.165, 1.54) is 43.0 Å². The number of hydrogen-bond donors (Lipinski definition) is 2. The van der Waals surface area contributed by atoms with Crippen molar-refractivity contribution in [2.75, 3.05) is 25.6 Å². The number of halogens is 2. The van der Waals surface area contributed by atoms with Gasteiger partial charge in [0, 0.05) is 14.1 Å². The van der Waals surface area contributed by atoms with E-state index >= 15 is 0 Å². The number of oxime groups is 1. The van der Waals surface area contributed by atoms with Crippen molar-refractivity contribution in [1.82, 2.24) is 9.80 Å². The molecule has 27 heavy (non-hydrogen) atoms. The Morgan fingerprint density at radius 2 is 1.78 bits per heavy atom. The Kier molecular flexibility index (Phi) is 6.45.